The molecular weight excluding hydrogens is 386 g/mol. The van der Waals surface area contributed by atoms with E-state index in [1.807, 2.05) is 20.8 Å². The average molecular weight is 422 g/mol. The van der Waals surface area contributed by atoms with Gasteiger partial charge in [0.05, 0.1) is 13.1 Å². The summed E-state index contributed by atoms with van der Waals surface area (Å²) in [6.45, 7) is 10.8. The van der Waals surface area contributed by atoms with Crippen molar-refractivity contribution in [1.29, 1.82) is 0 Å². The molecule has 0 radical (unpaired) electrons. The van der Waals surface area contributed by atoms with Gasteiger partial charge in [-0.2, -0.15) is 0 Å². The minimum absolute atomic E-state index is 0.304. The van der Waals surface area contributed by atoms with E-state index in [1.54, 1.807) is 4.90 Å². The Morgan fingerprint density at radius 1 is 1.00 bits per heavy atom. The van der Waals surface area contributed by atoms with Crippen LogP contribution in [0.15, 0.2) is 15.3 Å². The molecule has 2 fully saturated rings. The van der Waals surface area contributed by atoms with Crippen LogP contribution in [0, 0.1) is 0 Å². The van der Waals surface area contributed by atoms with Crippen LogP contribution in [0.4, 0.5) is 4.79 Å². The Bertz CT molecular complexity index is 770. The fourth-order valence-electron chi connectivity index (χ4n) is 3.91. The minimum atomic E-state index is -0.517. The van der Waals surface area contributed by atoms with Crippen molar-refractivity contribution in [2.75, 3.05) is 39.3 Å². The highest BCUT2D eigenvalue weighted by atomic mass is 16.6. The van der Waals surface area contributed by atoms with E-state index in [0.717, 1.165) is 25.9 Å². The predicted molar refractivity (Wildman–Crippen MR) is 113 cm³/mol. The number of likely N-dealkylation sites (tertiary alicyclic amines) is 1. The van der Waals surface area contributed by atoms with Crippen LogP contribution in [0.1, 0.15) is 58.0 Å². The summed E-state index contributed by atoms with van der Waals surface area (Å²) in [5, 5.41) is 10.2. The number of carbonyl (C=O) groups excluding carboxylic acids is 1. The Morgan fingerprint density at radius 3 is 2.20 bits per heavy atom. The zero-order valence-electron chi connectivity index (χ0n) is 18.5. The maximum Gasteiger partial charge on any atom is 0.410 e. The maximum absolute atomic E-state index is 12.3. The van der Waals surface area contributed by atoms with Crippen LogP contribution < -0.4 is 5.43 Å². The summed E-state index contributed by atoms with van der Waals surface area (Å²) >= 11 is 0. The van der Waals surface area contributed by atoms with Crippen LogP contribution in [0.3, 0.4) is 0 Å². The normalized spacial score (nSPS) is 19.5. The molecule has 8 nitrogen and oxygen atoms in total. The number of nitrogens with zero attached hydrogens (tertiary/aromatic N) is 3. The molecule has 30 heavy (non-hydrogen) atoms. The highest BCUT2D eigenvalue weighted by molar-refractivity contribution is 5.68. The third-order valence-corrected chi connectivity index (χ3v) is 5.51. The number of ether oxygens (including phenoxy) is 1. The number of hydrogen-bond donors (Lipinski definition) is 1. The lowest BCUT2D eigenvalue weighted by atomic mass is 10.2. The lowest BCUT2D eigenvalue weighted by molar-refractivity contribution is 0.0132. The number of hydrogen-bond acceptors (Lipinski definition) is 7. The Labute approximate surface area is 178 Å². The van der Waals surface area contributed by atoms with Gasteiger partial charge >= 0.3 is 6.09 Å². The SMILES string of the molecule is CC(C)(C)OC(=O)N1CCN(Cc2oc(CN3CCCCCC3)cc(=O)c2O)CC1. The van der Waals surface area contributed by atoms with E-state index in [2.05, 4.69) is 9.80 Å². The number of amides is 1. The molecular formula is C22H35N3O5. The van der Waals surface area contributed by atoms with Crippen LogP contribution in [0.2, 0.25) is 0 Å². The quantitative estimate of drug-likeness (QED) is 0.800. The van der Waals surface area contributed by atoms with Crippen molar-refractivity contribution < 1.29 is 19.1 Å². The van der Waals surface area contributed by atoms with E-state index in [0.29, 0.717) is 50.8 Å². The van der Waals surface area contributed by atoms with Gasteiger partial charge < -0.3 is 19.2 Å². The average Bonchev–Trinajstić information content (AvgIpc) is 2.93. The molecule has 8 heteroatoms. The molecule has 0 atom stereocenters. The van der Waals surface area contributed by atoms with E-state index in [4.69, 9.17) is 9.15 Å². The van der Waals surface area contributed by atoms with Crippen molar-refractivity contribution >= 4 is 6.09 Å². The van der Waals surface area contributed by atoms with Gasteiger partial charge in [0.1, 0.15) is 11.4 Å². The minimum Gasteiger partial charge on any atom is -0.502 e. The fraction of sp³-hybridized carbons (Fsp3) is 0.727. The molecule has 168 valence electrons. The van der Waals surface area contributed by atoms with Crippen LogP contribution >= 0.6 is 0 Å². The van der Waals surface area contributed by atoms with Gasteiger partial charge in [0.15, 0.2) is 5.76 Å². The van der Waals surface area contributed by atoms with E-state index in [-0.39, 0.29) is 11.8 Å². The molecule has 1 aromatic heterocycles. The Kier molecular flexibility index (Phi) is 7.41. The molecule has 0 bridgehead atoms. The predicted octanol–water partition coefficient (Wildman–Crippen LogP) is 2.77. The van der Waals surface area contributed by atoms with Gasteiger partial charge in [-0.15, -0.1) is 0 Å². The van der Waals surface area contributed by atoms with Gasteiger partial charge in [0.2, 0.25) is 11.2 Å². The molecule has 2 saturated heterocycles. The standard InChI is InChI=1S/C22H35N3O5/c1-22(2,3)30-21(28)25-12-10-24(11-13-25)16-19-20(27)18(26)14-17(29-19)15-23-8-6-4-5-7-9-23/h14,27H,4-13,15-16H2,1-3H3. The summed E-state index contributed by atoms with van der Waals surface area (Å²) < 4.78 is 11.4. The third kappa shape index (κ3) is 6.47. The summed E-state index contributed by atoms with van der Waals surface area (Å²) in [5.74, 6) is 0.587. The number of aromatic hydroxyl groups is 1. The maximum atomic E-state index is 12.3. The molecule has 3 heterocycles. The van der Waals surface area contributed by atoms with Crippen molar-refractivity contribution in [3.05, 3.63) is 27.8 Å². The highest BCUT2D eigenvalue weighted by Gasteiger charge is 2.27. The number of carbonyl (C=O) groups is 1. The first-order valence-corrected chi connectivity index (χ1v) is 11.0. The lowest BCUT2D eigenvalue weighted by Crippen LogP contribution is -2.49. The largest absolute Gasteiger partial charge is 0.502 e. The topological polar surface area (TPSA) is 86.5 Å². The first-order chi connectivity index (χ1) is 14.2. The van der Waals surface area contributed by atoms with Gasteiger partial charge in [-0.3, -0.25) is 14.6 Å². The molecule has 1 N–H and O–H groups in total. The van der Waals surface area contributed by atoms with Crippen molar-refractivity contribution in [2.24, 2.45) is 0 Å². The van der Waals surface area contributed by atoms with Crippen molar-refractivity contribution in [3.8, 4) is 5.75 Å². The summed E-state index contributed by atoms with van der Waals surface area (Å²) in [6, 6.07) is 1.41. The van der Waals surface area contributed by atoms with Gasteiger partial charge in [-0.05, 0) is 46.7 Å². The second-order valence-corrected chi connectivity index (χ2v) is 9.28. The van der Waals surface area contributed by atoms with Gasteiger partial charge in [0.25, 0.3) is 0 Å². The monoisotopic (exact) mass is 421 g/mol. The molecule has 0 aliphatic carbocycles. The summed E-state index contributed by atoms with van der Waals surface area (Å²) in [4.78, 5) is 30.6. The molecule has 1 aromatic rings. The molecule has 0 saturated carbocycles. The molecule has 0 spiro atoms. The van der Waals surface area contributed by atoms with Crippen molar-refractivity contribution in [3.63, 3.8) is 0 Å². The van der Waals surface area contributed by atoms with E-state index in [1.165, 1.54) is 18.9 Å². The zero-order valence-corrected chi connectivity index (χ0v) is 18.5. The zero-order chi connectivity index (χ0) is 21.7. The second-order valence-electron chi connectivity index (χ2n) is 9.28. The smallest absolute Gasteiger partial charge is 0.410 e. The Morgan fingerprint density at radius 2 is 1.60 bits per heavy atom. The molecule has 3 rings (SSSR count). The summed E-state index contributed by atoms with van der Waals surface area (Å²) in [6.07, 6.45) is 4.51. The summed E-state index contributed by atoms with van der Waals surface area (Å²) in [7, 11) is 0. The fourth-order valence-corrected chi connectivity index (χ4v) is 3.91. The third-order valence-electron chi connectivity index (χ3n) is 5.51. The first kappa shape index (κ1) is 22.6. The van der Waals surface area contributed by atoms with Crippen molar-refractivity contribution in [1.82, 2.24) is 14.7 Å². The van der Waals surface area contributed by atoms with Gasteiger partial charge in [-0.1, -0.05) is 12.8 Å². The second kappa shape index (κ2) is 9.83. The Balaban J connectivity index is 1.59. The van der Waals surface area contributed by atoms with Crippen LogP contribution in [0.5, 0.6) is 5.75 Å². The summed E-state index contributed by atoms with van der Waals surface area (Å²) in [5.41, 5.74) is -0.912. The lowest BCUT2D eigenvalue weighted by Gasteiger charge is -2.35. The Hall–Kier alpha value is -2.06. The number of rotatable bonds is 4. The van der Waals surface area contributed by atoms with Gasteiger partial charge in [-0.25, -0.2) is 4.79 Å². The van der Waals surface area contributed by atoms with Crippen LogP contribution in [-0.2, 0) is 17.8 Å². The number of piperazine rings is 1. The van der Waals surface area contributed by atoms with Crippen LogP contribution in [-0.4, -0.2) is 70.8 Å². The van der Waals surface area contributed by atoms with Crippen molar-refractivity contribution in [2.45, 2.75) is 65.1 Å². The molecule has 2 aliphatic heterocycles. The molecule has 0 aromatic carbocycles. The molecule has 2 aliphatic rings. The van der Waals surface area contributed by atoms with E-state index >= 15 is 0 Å². The molecule has 1 amide bonds. The van der Waals surface area contributed by atoms with Gasteiger partial charge in [0, 0.05) is 32.2 Å². The van der Waals surface area contributed by atoms with E-state index in [9.17, 15) is 14.7 Å². The van der Waals surface area contributed by atoms with E-state index < -0.39 is 11.0 Å². The molecule has 0 unspecified atom stereocenters. The van der Waals surface area contributed by atoms with Crippen LogP contribution in [0.25, 0.3) is 0 Å². The highest BCUT2D eigenvalue weighted by Crippen LogP contribution is 2.20. The first-order valence-electron chi connectivity index (χ1n) is 11.0.